The summed E-state index contributed by atoms with van der Waals surface area (Å²) in [6.45, 7) is 4.48. The number of hydrogen-bond acceptors (Lipinski definition) is 5. The molecular weight excluding hydrogens is 338 g/mol. The smallest absolute Gasteiger partial charge is 0.317 e. The van der Waals surface area contributed by atoms with E-state index in [1.165, 1.54) is 5.56 Å². The van der Waals surface area contributed by atoms with E-state index in [9.17, 15) is 0 Å². The minimum Gasteiger partial charge on any atom is -0.459 e. The monoisotopic (exact) mass is 361 g/mol. The zero-order chi connectivity index (χ0) is 18.8. The maximum atomic E-state index is 5.81. The van der Waals surface area contributed by atoms with Crippen LogP contribution in [0.3, 0.4) is 0 Å². The number of ether oxygens (including phenoxy) is 1. The molecule has 0 unspecified atom stereocenters. The Hall–Kier alpha value is -3.02. The van der Waals surface area contributed by atoms with E-state index in [4.69, 9.17) is 4.74 Å². The number of rotatable bonds is 4. The Bertz CT molecular complexity index is 1100. The van der Waals surface area contributed by atoms with Crippen molar-refractivity contribution in [1.82, 2.24) is 19.5 Å². The fraction of sp³-hybridized carbons (Fsp3) is 0.333. The molecule has 0 saturated heterocycles. The first-order valence-electron chi connectivity index (χ1n) is 9.23. The Labute approximate surface area is 158 Å². The molecule has 138 valence electrons. The van der Waals surface area contributed by atoms with Gasteiger partial charge >= 0.3 is 6.01 Å². The second kappa shape index (κ2) is 7.31. The maximum absolute atomic E-state index is 5.81. The lowest BCUT2D eigenvalue weighted by Crippen LogP contribution is -2.20. The zero-order valence-electron chi connectivity index (χ0n) is 15.9. The molecule has 3 aromatic rings. The Kier molecular flexibility index (Phi) is 4.71. The molecule has 0 N–H and O–H groups in total. The number of aromatic nitrogens is 4. The number of pyridine rings is 2. The summed E-state index contributed by atoms with van der Waals surface area (Å²) in [7, 11) is 1.79. The van der Waals surface area contributed by atoms with Crippen LogP contribution in [0.5, 0.6) is 6.01 Å². The molecular formula is C21H23N5O. The van der Waals surface area contributed by atoms with Crippen molar-refractivity contribution in [1.29, 1.82) is 0 Å². The van der Waals surface area contributed by atoms with Crippen molar-refractivity contribution in [3.8, 4) is 6.01 Å². The lowest BCUT2D eigenvalue weighted by atomic mass is 10.2. The van der Waals surface area contributed by atoms with Crippen molar-refractivity contribution in [3.05, 3.63) is 59.1 Å². The van der Waals surface area contributed by atoms with Crippen LogP contribution in [-0.4, -0.2) is 33.2 Å². The number of hydrogen-bond donors (Lipinski definition) is 0. The first kappa shape index (κ1) is 17.4. The van der Waals surface area contributed by atoms with Gasteiger partial charge in [-0.3, -0.25) is 9.98 Å². The van der Waals surface area contributed by atoms with Crippen LogP contribution >= 0.6 is 0 Å². The van der Waals surface area contributed by atoms with Gasteiger partial charge in [0.15, 0.2) is 0 Å². The predicted octanol–water partition coefficient (Wildman–Crippen LogP) is 3.09. The van der Waals surface area contributed by atoms with Gasteiger partial charge in [-0.05, 0) is 62.9 Å². The van der Waals surface area contributed by atoms with Crippen molar-refractivity contribution in [2.75, 3.05) is 13.7 Å². The van der Waals surface area contributed by atoms with E-state index in [-0.39, 0.29) is 0 Å². The SMILES string of the molecule is CN=c1c2cccnc2ccn1/C(C)=C/COc1nc(C)c2c(n1)CCC2. The molecule has 0 atom stereocenters. The van der Waals surface area contributed by atoms with Gasteiger partial charge in [-0.15, -0.1) is 0 Å². The van der Waals surface area contributed by atoms with E-state index < -0.39 is 0 Å². The minimum atomic E-state index is 0.408. The quantitative estimate of drug-likeness (QED) is 0.716. The van der Waals surface area contributed by atoms with Crippen molar-refractivity contribution < 1.29 is 4.74 Å². The molecule has 6 heteroatoms. The third kappa shape index (κ3) is 3.35. The van der Waals surface area contributed by atoms with Gasteiger partial charge in [-0.1, -0.05) is 0 Å². The van der Waals surface area contributed by atoms with Crippen molar-refractivity contribution in [3.63, 3.8) is 0 Å². The van der Waals surface area contributed by atoms with Gasteiger partial charge in [0.2, 0.25) is 0 Å². The topological polar surface area (TPSA) is 65.2 Å². The molecule has 4 rings (SSSR count). The van der Waals surface area contributed by atoms with Gasteiger partial charge in [0, 0.05) is 36.2 Å². The third-order valence-electron chi connectivity index (χ3n) is 4.99. The van der Waals surface area contributed by atoms with E-state index in [1.54, 1.807) is 13.2 Å². The van der Waals surface area contributed by atoms with E-state index in [1.807, 2.05) is 48.9 Å². The Morgan fingerprint density at radius 1 is 1.30 bits per heavy atom. The summed E-state index contributed by atoms with van der Waals surface area (Å²) in [4.78, 5) is 17.9. The van der Waals surface area contributed by atoms with E-state index >= 15 is 0 Å². The highest BCUT2D eigenvalue weighted by molar-refractivity contribution is 5.77. The van der Waals surface area contributed by atoms with Crippen LogP contribution in [0.1, 0.15) is 30.3 Å². The van der Waals surface area contributed by atoms with E-state index in [0.717, 1.165) is 52.7 Å². The summed E-state index contributed by atoms with van der Waals surface area (Å²) in [5.41, 5.74) is 6.31. The summed E-state index contributed by atoms with van der Waals surface area (Å²) in [6, 6.07) is 6.42. The summed E-state index contributed by atoms with van der Waals surface area (Å²) < 4.78 is 7.85. The normalized spacial score (nSPS) is 14.6. The third-order valence-corrected chi connectivity index (χ3v) is 4.99. The largest absolute Gasteiger partial charge is 0.459 e. The predicted molar refractivity (Wildman–Crippen MR) is 105 cm³/mol. The summed E-state index contributed by atoms with van der Waals surface area (Å²) >= 11 is 0. The molecule has 1 aliphatic carbocycles. The van der Waals surface area contributed by atoms with Crippen LogP contribution in [0.2, 0.25) is 0 Å². The van der Waals surface area contributed by atoms with Crippen LogP contribution in [0.25, 0.3) is 16.6 Å². The Balaban J connectivity index is 1.57. The molecule has 0 spiro atoms. The number of allylic oxidation sites excluding steroid dienone is 1. The number of nitrogens with zero attached hydrogens (tertiary/aromatic N) is 5. The van der Waals surface area contributed by atoms with Gasteiger partial charge in [-0.2, -0.15) is 4.98 Å². The summed E-state index contributed by atoms with van der Waals surface area (Å²) in [5, 5.41) is 1.02. The fourth-order valence-corrected chi connectivity index (χ4v) is 3.59. The molecule has 0 amide bonds. The highest BCUT2D eigenvalue weighted by Gasteiger charge is 2.17. The molecule has 0 radical (unpaired) electrons. The van der Waals surface area contributed by atoms with Crippen LogP contribution in [0.15, 0.2) is 41.7 Å². The van der Waals surface area contributed by atoms with Crippen molar-refractivity contribution in [2.24, 2.45) is 4.99 Å². The van der Waals surface area contributed by atoms with Gasteiger partial charge < -0.3 is 9.30 Å². The molecule has 27 heavy (non-hydrogen) atoms. The molecule has 1 aliphatic rings. The minimum absolute atomic E-state index is 0.408. The average molecular weight is 361 g/mol. The van der Waals surface area contributed by atoms with Crippen LogP contribution in [0, 0.1) is 6.92 Å². The van der Waals surface area contributed by atoms with Gasteiger partial charge in [0.1, 0.15) is 12.1 Å². The van der Waals surface area contributed by atoms with Crippen molar-refractivity contribution >= 4 is 16.6 Å². The van der Waals surface area contributed by atoms with Gasteiger partial charge in [-0.25, -0.2) is 4.98 Å². The second-order valence-corrected chi connectivity index (χ2v) is 6.70. The van der Waals surface area contributed by atoms with Crippen LogP contribution < -0.4 is 10.2 Å². The first-order valence-corrected chi connectivity index (χ1v) is 9.23. The molecule has 6 nitrogen and oxygen atoms in total. The fourth-order valence-electron chi connectivity index (χ4n) is 3.59. The Morgan fingerprint density at radius 3 is 3.04 bits per heavy atom. The standard InChI is InChI=1S/C21H23N5O/c1-14(26-12-9-18-17(20(26)22-3)7-5-11-23-18)10-13-27-21-24-15(2)16-6-4-8-19(16)25-21/h5,7,9-12H,4,6,8,13H2,1-3H3/b14-10+,22-20?. The highest BCUT2D eigenvalue weighted by Crippen LogP contribution is 2.24. The molecule has 3 aromatic heterocycles. The van der Waals surface area contributed by atoms with Crippen LogP contribution in [-0.2, 0) is 12.8 Å². The highest BCUT2D eigenvalue weighted by atomic mass is 16.5. The molecule has 3 heterocycles. The number of fused-ring (bicyclic) bond motifs is 2. The van der Waals surface area contributed by atoms with E-state index in [2.05, 4.69) is 19.9 Å². The maximum Gasteiger partial charge on any atom is 0.317 e. The average Bonchev–Trinajstić information content (AvgIpc) is 3.16. The molecule has 0 aliphatic heterocycles. The summed E-state index contributed by atoms with van der Waals surface area (Å²) in [6.07, 6.45) is 9.05. The molecule has 0 fully saturated rings. The second-order valence-electron chi connectivity index (χ2n) is 6.70. The van der Waals surface area contributed by atoms with Crippen molar-refractivity contribution in [2.45, 2.75) is 33.1 Å². The molecule has 0 aromatic carbocycles. The lowest BCUT2D eigenvalue weighted by Gasteiger charge is -2.11. The molecule has 0 saturated carbocycles. The lowest BCUT2D eigenvalue weighted by molar-refractivity contribution is 0.330. The first-order chi connectivity index (χ1) is 13.2. The Morgan fingerprint density at radius 2 is 2.19 bits per heavy atom. The zero-order valence-corrected chi connectivity index (χ0v) is 15.9. The molecule has 0 bridgehead atoms. The van der Waals surface area contributed by atoms with Gasteiger partial charge in [0.25, 0.3) is 0 Å². The van der Waals surface area contributed by atoms with E-state index in [0.29, 0.717) is 12.6 Å². The van der Waals surface area contributed by atoms with Crippen LogP contribution in [0.4, 0.5) is 0 Å². The van der Waals surface area contributed by atoms with Gasteiger partial charge in [0.05, 0.1) is 11.2 Å². The number of aryl methyl sites for hydroxylation is 2. The summed E-state index contributed by atoms with van der Waals surface area (Å²) in [5.74, 6) is 0.